The Labute approximate surface area is 118 Å². The number of pyridine rings is 1. The first kappa shape index (κ1) is 12.4. The van der Waals surface area contributed by atoms with Gasteiger partial charge in [-0.3, -0.25) is 4.98 Å². The largest absolute Gasteiger partial charge is 0.326 e. The molecule has 0 bridgehead atoms. The number of nitrogens with zero attached hydrogens (tertiary/aromatic N) is 3. The predicted octanol–water partition coefficient (Wildman–Crippen LogP) is 3.38. The third-order valence-corrected chi connectivity index (χ3v) is 3.02. The summed E-state index contributed by atoms with van der Waals surface area (Å²) in [5, 5.41) is 3.31. The van der Waals surface area contributed by atoms with E-state index in [9.17, 15) is 0 Å². The zero-order chi connectivity index (χ0) is 13.8. The quantitative estimate of drug-likeness (QED) is 0.785. The number of rotatable bonds is 4. The van der Waals surface area contributed by atoms with E-state index in [1.54, 1.807) is 6.20 Å². The molecule has 0 aliphatic heterocycles. The Bertz CT molecular complexity index is 688. The van der Waals surface area contributed by atoms with Crippen molar-refractivity contribution >= 4 is 11.6 Å². The Hall–Kier alpha value is -2.62. The maximum absolute atomic E-state index is 4.52. The second kappa shape index (κ2) is 5.57. The third-order valence-electron chi connectivity index (χ3n) is 3.02. The first-order chi connectivity index (χ1) is 9.81. The van der Waals surface area contributed by atoms with E-state index in [1.165, 1.54) is 0 Å². The van der Waals surface area contributed by atoms with Gasteiger partial charge in [0.15, 0.2) is 0 Å². The molecule has 2 heterocycles. The van der Waals surface area contributed by atoms with E-state index in [0.717, 1.165) is 23.0 Å². The molecule has 1 N–H and O–H groups in total. The molecule has 4 nitrogen and oxygen atoms in total. The molecule has 0 aliphatic carbocycles. The Morgan fingerprint density at radius 1 is 1.05 bits per heavy atom. The van der Waals surface area contributed by atoms with Crippen molar-refractivity contribution in [3.8, 4) is 0 Å². The highest BCUT2D eigenvalue weighted by Gasteiger charge is 2.04. The third kappa shape index (κ3) is 2.85. The molecular weight excluding hydrogens is 248 g/mol. The van der Waals surface area contributed by atoms with Crippen molar-refractivity contribution < 1.29 is 0 Å². The monoisotopic (exact) mass is 264 g/mol. The van der Waals surface area contributed by atoms with Crippen LogP contribution in [0, 0.1) is 6.92 Å². The Morgan fingerprint density at radius 3 is 2.70 bits per heavy atom. The van der Waals surface area contributed by atoms with Gasteiger partial charge >= 0.3 is 0 Å². The number of aromatic nitrogens is 3. The number of imidazole rings is 1. The fourth-order valence-corrected chi connectivity index (χ4v) is 2.07. The molecule has 1 aromatic carbocycles. The minimum Gasteiger partial charge on any atom is -0.326 e. The van der Waals surface area contributed by atoms with Crippen molar-refractivity contribution in [2.24, 2.45) is 0 Å². The molecule has 0 aliphatic rings. The van der Waals surface area contributed by atoms with Gasteiger partial charge in [0.05, 0.1) is 12.2 Å². The maximum Gasteiger partial charge on any atom is 0.207 e. The highest BCUT2D eigenvalue weighted by Crippen LogP contribution is 2.15. The molecule has 20 heavy (non-hydrogen) atoms. The predicted molar refractivity (Wildman–Crippen MR) is 80.0 cm³/mol. The van der Waals surface area contributed by atoms with E-state index >= 15 is 0 Å². The normalized spacial score (nSPS) is 10.4. The highest BCUT2D eigenvalue weighted by atomic mass is 15.2. The summed E-state index contributed by atoms with van der Waals surface area (Å²) in [6, 6.07) is 16.1. The minimum atomic E-state index is 0.705. The number of aryl methyl sites for hydroxylation is 1. The van der Waals surface area contributed by atoms with Crippen molar-refractivity contribution in [1.82, 2.24) is 14.5 Å². The Morgan fingerprint density at radius 2 is 1.90 bits per heavy atom. The van der Waals surface area contributed by atoms with Crippen LogP contribution in [0.3, 0.4) is 0 Å². The molecule has 0 saturated heterocycles. The van der Waals surface area contributed by atoms with Crippen molar-refractivity contribution in [3.05, 3.63) is 72.3 Å². The molecule has 0 unspecified atom stereocenters. The lowest BCUT2D eigenvalue weighted by Gasteiger charge is -2.09. The van der Waals surface area contributed by atoms with Crippen LogP contribution >= 0.6 is 0 Å². The molecule has 3 aromatic rings. The van der Waals surface area contributed by atoms with E-state index in [1.807, 2.05) is 61.7 Å². The Balaban J connectivity index is 1.80. The van der Waals surface area contributed by atoms with Gasteiger partial charge < -0.3 is 9.88 Å². The van der Waals surface area contributed by atoms with Crippen LogP contribution in [-0.2, 0) is 6.54 Å². The molecule has 0 radical (unpaired) electrons. The zero-order valence-electron chi connectivity index (χ0n) is 11.3. The number of para-hydroxylation sites is 1. The maximum atomic E-state index is 4.52. The van der Waals surface area contributed by atoms with Crippen LogP contribution in [0.5, 0.6) is 0 Å². The summed E-state index contributed by atoms with van der Waals surface area (Å²) >= 11 is 0. The van der Waals surface area contributed by atoms with Gasteiger partial charge in [-0.05, 0) is 31.2 Å². The molecule has 0 fully saturated rings. The summed E-state index contributed by atoms with van der Waals surface area (Å²) in [5.41, 5.74) is 3.08. The van der Waals surface area contributed by atoms with Gasteiger partial charge in [0.25, 0.3) is 0 Å². The van der Waals surface area contributed by atoms with Crippen molar-refractivity contribution in [2.45, 2.75) is 13.5 Å². The van der Waals surface area contributed by atoms with Gasteiger partial charge in [-0.1, -0.05) is 24.3 Å². The molecule has 2 aromatic heterocycles. The first-order valence-electron chi connectivity index (χ1n) is 6.57. The van der Waals surface area contributed by atoms with Gasteiger partial charge in [0.1, 0.15) is 0 Å². The topological polar surface area (TPSA) is 42.7 Å². The van der Waals surface area contributed by atoms with Crippen LogP contribution in [-0.4, -0.2) is 14.5 Å². The molecule has 3 rings (SSSR count). The standard InChI is InChI=1S/C16H16N4/c1-13-6-5-9-15(18-13)12-20-11-10-17-16(20)19-14-7-3-2-4-8-14/h2-11H,12H2,1H3,(H,17,19). The zero-order valence-corrected chi connectivity index (χ0v) is 11.3. The lowest BCUT2D eigenvalue weighted by molar-refractivity contribution is 0.779. The average molecular weight is 264 g/mol. The SMILES string of the molecule is Cc1cccc(Cn2ccnc2Nc2ccccc2)n1. The smallest absolute Gasteiger partial charge is 0.207 e. The molecular formula is C16H16N4. The summed E-state index contributed by atoms with van der Waals surface area (Å²) in [4.78, 5) is 8.87. The van der Waals surface area contributed by atoms with Crippen LogP contribution in [0.2, 0.25) is 0 Å². The van der Waals surface area contributed by atoms with E-state index in [4.69, 9.17) is 0 Å². The number of benzene rings is 1. The first-order valence-corrected chi connectivity index (χ1v) is 6.57. The molecule has 0 saturated carbocycles. The highest BCUT2D eigenvalue weighted by molar-refractivity contribution is 5.53. The second-order valence-electron chi connectivity index (χ2n) is 4.64. The number of anilines is 2. The molecule has 0 spiro atoms. The lowest BCUT2D eigenvalue weighted by atomic mass is 10.3. The summed E-state index contributed by atoms with van der Waals surface area (Å²) in [7, 11) is 0. The van der Waals surface area contributed by atoms with Gasteiger partial charge in [-0.15, -0.1) is 0 Å². The van der Waals surface area contributed by atoms with Crippen molar-refractivity contribution in [2.75, 3.05) is 5.32 Å². The van der Waals surface area contributed by atoms with E-state index in [-0.39, 0.29) is 0 Å². The van der Waals surface area contributed by atoms with Gasteiger partial charge in [0, 0.05) is 23.8 Å². The van der Waals surface area contributed by atoms with Gasteiger partial charge in [-0.2, -0.15) is 0 Å². The Kier molecular flexibility index (Phi) is 3.46. The summed E-state index contributed by atoms with van der Waals surface area (Å²) in [6.07, 6.45) is 3.75. The number of hydrogen-bond donors (Lipinski definition) is 1. The van der Waals surface area contributed by atoms with Crippen molar-refractivity contribution in [1.29, 1.82) is 0 Å². The summed E-state index contributed by atoms with van der Waals surface area (Å²) < 4.78 is 2.05. The van der Waals surface area contributed by atoms with E-state index in [0.29, 0.717) is 6.54 Å². The number of hydrogen-bond acceptors (Lipinski definition) is 3. The van der Waals surface area contributed by atoms with Gasteiger partial charge in [-0.25, -0.2) is 4.98 Å². The molecule has 4 heteroatoms. The number of nitrogens with one attached hydrogen (secondary N) is 1. The van der Waals surface area contributed by atoms with Crippen LogP contribution in [0.1, 0.15) is 11.4 Å². The van der Waals surface area contributed by atoms with Crippen LogP contribution in [0.15, 0.2) is 60.9 Å². The second-order valence-corrected chi connectivity index (χ2v) is 4.64. The molecule has 100 valence electrons. The summed E-state index contributed by atoms with van der Waals surface area (Å²) in [6.45, 7) is 2.71. The molecule has 0 atom stereocenters. The van der Waals surface area contributed by atoms with Gasteiger partial charge in [0.2, 0.25) is 5.95 Å². The fourth-order valence-electron chi connectivity index (χ4n) is 2.07. The molecule has 0 amide bonds. The lowest BCUT2D eigenvalue weighted by Crippen LogP contribution is -2.06. The van der Waals surface area contributed by atoms with Crippen molar-refractivity contribution in [3.63, 3.8) is 0 Å². The van der Waals surface area contributed by atoms with Crippen LogP contribution < -0.4 is 5.32 Å². The van der Waals surface area contributed by atoms with Crippen LogP contribution in [0.25, 0.3) is 0 Å². The summed E-state index contributed by atoms with van der Waals surface area (Å²) in [5.74, 6) is 0.819. The van der Waals surface area contributed by atoms with E-state index in [2.05, 4.69) is 19.9 Å². The average Bonchev–Trinajstić information content (AvgIpc) is 2.87. The van der Waals surface area contributed by atoms with Crippen LogP contribution in [0.4, 0.5) is 11.6 Å². The minimum absolute atomic E-state index is 0.705. The van der Waals surface area contributed by atoms with E-state index < -0.39 is 0 Å². The fraction of sp³-hybridized carbons (Fsp3) is 0.125.